The van der Waals surface area contributed by atoms with E-state index in [4.69, 9.17) is 5.11 Å². The third-order valence-corrected chi connectivity index (χ3v) is 4.38. The van der Waals surface area contributed by atoms with Gasteiger partial charge in [-0.05, 0) is 25.3 Å². The van der Waals surface area contributed by atoms with Gasteiger partial charge in [-0.15, -0.1) is 0 Å². The highest BCUT2D eigenvalue weighted by Crippen LogP contribution is 2.25. The predicted molar refractivity (Wildman–Crippen MR) is 90.8 cm³/mol. The first kappa shape index (κ1) is 16.9. The predicted octanol–water partition coefficient (Wildman–Crippen LogP) is 1.28. The first-order chi connectivity index (χ1) is 12.0. The molecule has 1 amide bonds. The molecule has 1 fully saturated rings. The molecule has 1 aromatic heterocycles. The van der Waals surface area contributed by atoms with Crippen LogP contribution in [0.4, 0.5) is 0 Å². The van der Waals surface area contributed by atoms with Crippen molar-refractivity contribution in [2.24, 2.45) is 5.92 Å². The molecule has 1 saturated carbocycles. The number of hydrogen-bond donors (Lipinski definition) is 2. The highest BCUT2D eigenvalue weighted by atomic mass is 16.4. The molecule has 1 aromatic carbocycles. The molecule has 25 heavy (non-hydrogen) atoms. The minimum atomic E-state index is -0.829. The van der Waals surface area contributed by atoms with Gasteiger partial charge in [0.2, 0.25) is 5.91 Å². The maximum absolute atomic E-state index is 12.2. The number of benzene rings is 1. The number of carbonyl (C=O) groups is 2. The van der Waals surface area contributed by atoms with Crippen LogP contribution in [0.2, 0.25) is 0 Å². The lowest BCUT2D eigenvalue weighted by atomic mass is 10.1. The quantitative estimate of drug-likeness (QED) is 0.853. The Morgan fingerprint density at radius 1 is 1.16 bits per heavy atom. The standard InChI is InChI=1S/C18H19N3O4/c22-16(19-14-7-6-13(10-14)18(24)25)11-21-17(23)9-8-15(20-21)12-4-2-1-3-5-12/h1-5,8-9,13-14H,6-7,10-11H2,(H,19,22)(H,24,25)/t13-,14+/m0/s1. The topological polar surface area (TPSA) is 101 Å². The SMILES string of the molecule is O=C(Cn1nc(-c2ccccc2)ccc1=O)N[C@@H]1CC[C@H](C(=O)O)C1. The summed E-state index contributed by atoms with van der Waals surface area (Å²) in [7, 11) is 0. The van der Waals surface area contributed by atoms with Crippen molar-refractivity contribution < 1.29 is 14.7 Å². The summed E-state index contributed by atoms with van der Waals surface area (Å²) in [6.07, 6.45) is 1.62. The molecule has 1 heterocycles. The number of carboxylic acid groups (broad SMARTS) is 1. The van der Waals surface area contributed by atoms with Gasteiger partial charge in [0.05, 0.1) is 11.6 Å². The zero-order chi connectivity index (χ0) is 17.8. The fraction of sp³-hybridized carbons (Fsp3) is 0.333. The van der Waals surface area contributed by atoms with Gasteiger partial charge in [0.1, 0.15) is 6.54 Å². The van der Waals surface area contributed by atoms with Gasteiger partial charge in [0, 0.05) is 17.7 Å². The van der Waals surface area contributed by atoms with Crippen molar-refractivity contribution in [3.8, 4) is 11.3 Å². The summed E-state index contributed by atoms with van der Waals surface area (Å²) >= 11 is 0. The monoisotopic (exact) mass is 341 g/mol. The fourth-order valence-corrected chi connectivity index (χ4v) is 3.07. The zero-order valence-electron chi connectivity index (χ0n) is 13.6. The Morgan fingerprint density at radius 2 is 1.92 bits per heavy atom. The molecule has 0 unspecified atom stereocenters. The van der Waals surface area contributed by atoms with E-state index in [1.54, 1.807) is 6.07 Å². The molecule has 1 aliphatic carbocycles. The van der Waals surface area contributed by atoms with Crippen LogP contribution >= 0.6 is 0 Å². The number of carboxylic acids is 1. The highest BCUT2D eigenvalue weighted by molar-refractivity contribution is 5.76. The van der Waals surface area contributed by atoms with Crippen molar-refractivity contribution in [2.75, 3.05) is 0 Å². The Kier molecular flexibility index (Phi) is 4.92. The van der Waals surface area contributed by atoms with Crippen LogP contribution in [0, 0.1) is 5.92 Å². The van der Waals surface area contributed by atoms with Crippen LogP contribution in [-0.4, -0.2) is 32.8 Å². The minimum absolute atomic E-state index is 0.165. The lowest BCUT2D eigenvalue weighted by molar-refractivity contribution is -0.141. The molecule has 2 aromatic rings. The number of nitrogens with zero attached hydrogens (tertiary/aromatic N) is 2. The van der Waals surface area contributed by atoms with Crippen molar-refractivity contribution >= 4 is 11.9 Å². The number of rotatable bonds is 5. The lowest BCUT2D eigenvalue weighted by Gasteiger charge is -2.13. The number of amides is 1. The molecular formula is C18H19N3O4. The van der Waals surface area contributed by atoms with Gasteiger partial charge in [-0.25, -0.2) is 4.68 Å². The van der Waals surface area contributed by atoms with Gasteiger partial charge in [0.15, 0.2) is 0 Å². The van der Waals surface area contributed by atoms with Crippen LogP contribution < -0.4 is 10.9 Å². The summed E-state index contributed by atoms with van der Waals surface area (Å²) in [5, 5.41) is 16.1. The number of nitrogens with one attached hydrogen (secondary N) is 1. The van der Waals surface area contributed by atoms with Crippen LogP contribution in [0.25, 0.3) is 11.3 Å². The second kappa shape index (κ2) is 7.29. The second-order valence-corrected chi connectivity index (χ2v) is 6.19. The molecule has 7 heteroatoms. The number of aromatic nitrogens is 2. The smallest absolute Gasteiger partial charge is 0.306 e. The van der Waals surface area contributed by atoms with E-state index in [0.29, 0.717) is 25.0 Å². The Hall–Kier alpha value is -2.96. The summed E-state index contributed by atoms with van der Waals surface area (Å²) in [6, 6.07) is 12.2. The highest BCUT2D eigenvalue weighted by Gasteiger charge is 2.30. The number of hydrogen-bond acceptors (Lipinski definition) is 4. The Morgan fingerprint density at radius 3 is 2.60 bits per heavy atom. The molecule has 7 nitrogen and oxygen atoms in total. The average Bonchev–Trinajstić information content (AvgIpc) is 3.06. The average molecular weight is 341 g/mol. The zero-order valence-corrected chi connectivity index (χ0v) is 13.6. The van der Waals surface area contributed by atoms with Crippen LogP contribution in [-0.2, 0) is 16.1 Å². The largest absolute Gasteiger partial charge is 0.481 e. The van der Waals surface area contributed by atoms with Crippen molar-refractivity contribution in [2.45, 2.75) is 31.8 Å². The molecule has 1 aliphatic rings. The van der Waals surface area contributed by atoms with E-state index < -0.39 is 11.9 Å². The summed E-state index contributed by atoms with van der Waals surface area (Å²) in [4.78, 5) is 35.1. The first-order valence-electron chi connectivity index (χ1n) is 8.18. The third kappa shape index (κ3) is 4.12. The van der Waals surface area contributed by atoms with E-state index in [0.717, 1.165) is 10.2 Å². The molecule has 0 aliphatic heterocycles. The lowest BCUT2D eigenvalue weighted by Crippen LogP contribution is -2.38. The first-order valence-corrected chi connectivity index (χ1v) is 8.18. The van der Waals surface area contributed by atoms with Gasteiger partial charge in [-0.2, -0.15) is 5.10 Å². The van der Waals surface area contributed by atoms with Crippen LogP contribution in [0.5, 0.6) is 0 Å². The van der Waals surface area contributed by atoms with E-state index in [2.05, 4.69) is 10.4 Å². The van der Waals surface area contributed by atoms with Gasteiger partial charge in [-0.1, -0.05) is 30.3 Å². The number of aliphatic carboxylic acids is 1. The summed E-state index contributed by atoms with van der Waals surface area (Å²) < 4.78 is 1.13. The maximum Gasteiger partial charge on any atom is 0.306 e. The second-order valence-electron chi connectivity index (χ2n) is 6.19. The Labute approximate surface area is 144 Å². The summed E-state index contributed by atoms with van der Waals surface area (Å²) in [5.74, 6) is -1.58. The van der Waals surface area contributed by atoms with Gasteiger partial charge >= 0.3 is 5.97 Å². The van der Waals surface area contributed by atoms with Crippen molar-refractivity contribution in [1.29, 1.82) is 0 Å². The van der Waals surface area contributed by atoms with Crippen LogP contribution in [0.1, 0.15) is 19.3 Å². The van der Waals surface area contributed by atoms with Crippen molar-refractivity contribution in [1.82, 2.24) is 15.1 Å². The van der Waals surface area contributed by atoms with Gasteiger partial charge in [-0.3, -0.25) is 14.4 Å². The van der Waals surface area contributed by atoms with Gasteiger partial charge in [0.25, 0.3) is 5.56 Å². The number of carbonyl (C=O) groups excluding carboxylic acids is 1. The molecule has 2 N–H and O–H groups in total. The van der Waals surface area contributed by atoms with Crippen LogP contribution in [0.15, 0.2) is 47.3 Å². The molecule has 0 spiro atoms. The minimum Gasteiger partial charge on any atom is -0.481 e. The Balaban J connectivity index is 1.67. The van der Waals surface area contributed by atoms with Crippen molar-refractivity contribution in [3.63, 3.8) is 0 Å². The van der Waals surface area contributed by atoms with E-state index in [1.807, 2.05) is 30.3 Å². The summed E-state index contributed by atoms with van der Waals surface area (Å²) in [6.45, 7) is -0.187. The van der Waals surface area contributed by atoms with Crippen molar-refractivity contribution in [3.05, 3.63) is 52.8 Å². The van der Waals surface area contributed by atoms with E-state index >= 15 is 0 Å². The molecule has 0 saturated heterocycles. The van der Waals surface area contributed by atoms with E-state index in [-0.39, 0.29) is 24.1 Å². The molecule has 3 rings (SSSR count). The normalized spacial score (nSPS) is 19.5. The fourth-order valence-electron chi connectivity index (χ4n) is 3.07. The van der Waals surface area contributed by atoms with E-state index in [1.165, 1.54) is 6.07 Å². The molecule has 0 bridgehead atoms. The molecule has 2 atom stereocenters. The third-order valence-electron chi connectivity index (χ3n) is 4.38. The molecular weight excluding hydrogens is 322 g/mol. The molecule has 130 valence electrons. The summed E-state index contributed by atoms with van der Waals surface area (Å²) in [5.41, 5.74) is 1.11. The van der Waals surface area contributed by atoms with Crippen LogP contribution in [0.3, 0.4) is 0 Å². The molecule has 0 radical (unpaired) electrons. The van der Waals surface area contributed by atoms with Gasteiger partial charge < -0.3 is 10.4 Å². The Bertz CT molecular complexity index is 832. The maximum atomic E-state index is 12.2. The van der Waals surface area contributed by atoms with E-state index in [9.17, 15) is 14.4 Å².